The molecule has 1 atom stereocenters. The fourth-order valence-electron chi connectivity index (χ4n) is 3.07. The van der Waals surface area contributed by atoms with Crippen LogP contribution in [0.2, 0.25) is 0 Å². The maximum absolute atomic E-state index is 4.62. The van der Waals surface area contributed by atoms with E-state index in [9.17, 15) is 0 Å². The van der Waals surface area contributed by atoms with Gasteiger partial charge >= 0.3 is 0 Å². The van der Waals surface area contributed by atoms with Gasteiger partial charge in [0.1, 0.15) is 5.82 Å². The number of rotatable bonds is 6. The van der Waals surface area contributed by atoms with Gasteiger partial charge in [-0.1, -0.05) is 6.07 Å². The number of hydrogen-bond donors (Lipinski definition) is 1. The Kier molecular flexibility index (Phi) is 4.66. The zero-order valence-electron chi connectivity index (χ0n) is 13.5. The normalized spacial score (nSPS) is 18.7. The Hall–Kier alpha value is -1.13. The number of likely N-dealkylation sites (N-methyl/N-ethyl adjacent to an activating group) is 2. The summed E-state index contributed by atoms with van der Waals surface area (Å²) >= 11 is 0. The smallest absolute Gasteiger partial charge is 0.133 e. The fraction of sp³-hybridized carbons (Fsp3) is 0.688. The molecule has 0 amide bonds. The summed E-state index contributed by atoms with van der Waals surface area (Å²) in [4.78, 5) is 9.32. The van der Waals surface area contributed by atoms with Crippen LogP contribution in [-0.2, 0) is 0 Å². The van der Waals surface area contributed by atoms with E-state index in [-0.39, 0.29) is 0 Å². The Bertz CT molecular complexity index is 440. The van der Waals surface area contributed by atoms with Crippen molar-refractivity contribution in [2.24, 2.45) is 0 Å². The van der Waals surface area contributed by atoms with Crippen molar-refractivity contribution in [2.45, 2.75) is 37.8 Å². The Morgan fingerprint density at radius 3 is 2.55 bits per heavy atom. The lowest BCUT2D eigenvalue weighted by molar-refractivity contribution is 0.0681. The molecular weight excluding hydrogens is 248 g/mol. The molecule has 1 aliphatic carbocycles. The molecule has 1 aromatic rings. The largest absolute Gasteiger partial charge is 0.358 e. The first-order valence-corrected chi connectivity index (χ1v) is 7.51. The minimum Gasteiger partial charge on any atom is -0.358 e. The third-order valence-electron chi connectivity index (χ3n) is 4.84. The maximum Gasteiger partial charge on any atom is 0.133 e. The van der Waals surface area contributed by atoms with Crippen LogP contribution in [0.1, 0.15) is 37.8 Å². The first-order valence-electron chi connectivity index (χ1n) is 7.51. The van der Waals surface area contributed by atoms with Crippen molar-refractivity contribution in [1.82, 2.24) is 15.2 Å². The summed E-state index contributed by atoms with van der Waals surface area (Å²) in [7, 11) is 8.55. The summed E-state index contributed by atoms with van der Waals surface area (Å²) in [6, 6.07) is 4.51. The van der Waals surface area contributed by atoms with E-state index < -0.39 is 0 Å². The van der Waals surface area contributed by atoms with Gasteiger partial charge in [0.2, 0.25) is 0 Å². The van der Waals surface area contributed by atoms with Crippen LogP contribution >= 0.6 is 0 Å². The van der Waals surface area contributed by atoms with E-state index in [0.29, 0.717) is 11.6 Å². The molecule has 1 saturated carbocycles. The van der Waals surface area contributed by atoms with Crippen LogP contribution in [0.4, 0.5) is 5.82 Å². The van der Waals surface area contributed by atoms with Gasteiger partial charge < -0.3 is 15.1 Å². The van der Waals surface area contributed by atoms with Crippen molar-refractivity contribution < 1.29 is 0 Å². The molecule has 0 bridgehead atoms. The van der Waals surface area contributed by atoms with Crippen molar-refractivity contribution in [1.29, 1.82) is 0 Å². The monoisotopic (exact) mass is 276 g/mol. The van der Waals surface area contributed by atoms with E-state index in [0.717, 1.165) is 12.4 Å². The Labute approximate surface area is 123 Å². The number of anilines is 1. The van der Waals surface area contributed by atoms with Crippen LogP contribution in [0, 0.1) is 0 Å². The molecule has 0 saturated heterocycles. The average Bonchev–Trinajstić information content (AvgIpc) is 2.41. The molecule has 0 aromatic carbocycles. The van der Waals surface area contributed by atoms with Crippen molar-refractivity contribution in [3.8, 4) is 0 Å². The standard InChI is InChI=1S/C16H28N4/c1-13(17-2)14-8-6-11-18-15(14)20(5)12-16(19(3)4)9-7-10-16/h6,8,11,13,17H,7,9-10,12H2,1-5H3. The molecular formula is C16H28N4. The van der Waals surface area contributed by atoms with Gasteiger partial charge in [-0.15, -0.1) is 0 Å². The minimum atomic E-state index is 0.317. The first-order chi connectivity index (χ1) is 9.50. The molecule has 1 heterocycles. The lowest BCUT2D eigenvalue weighted by Gasteiger charge is -2.49. The van der Waals surface area contributed by atoms with Crippen LogP contribution < -0.4 is 10.2 Å². The predicted octanol–water partition coefficient (Wildman–Crippen LogP) is 2.28. The molecule has 1 fully saturated rings. The van der Waals surface area contributed by atoms with E-state index in [4.69, 9.17) is 0 Å². The zero-order chi connectivity index (χ0) is 14.8. The quantitative estimate of drug-likeness (QED) is 0.864. The molecule has 0 spiro atoms. The molecule has 1 unspecified atom stereocenters. The highest BCUT2D eigenvalue weighted by Gasteiger charge is 2.40. The lowest BCUT2D eigenvalue weighted by Crippen LogP contribution is -2.57. The van der Waals surface area contributed by atoms with Gasteiger partial charge in [0.25, 0.3) is 0 Å². The Morgan fingerprint density at radius 1 is 1.35 bits per heavy atom. The second-order valence-electron chi connectivity index (χ2n) is 6.25. The summed E-state index contributed by atoms with van der Waals surface area (Å²) in [5.41, 5.74) is 1.60. The van der Waals surface area contributed by atoms with Gasteiger partial charge in [-0.3, -0.25) is 0 Å². The van der Waals surface area contributed by atoms with Gasteiger partial charge in [0, 0.05) is 36.9 Å². The number of hydrogen-bond acceptors (Lipinski definition) is 4. The lowest BCUT2D eigenvalue weighted by atomic mass is 9.75. The van der Waals surface area contributed by atoms with E-state index in [1.165, 1.54) is 24.8 Å². The first kappa shape index (κ1) is 15.3. The predicted molar refractivity (Wildman–Crippen MR) is 85.3 cm³/mol. The molecule has 4 nitrogen and oxygen atoms in total. The number of pyridine rings is 1. The van der Waals surface area contributed by atoms with E-state index in [1.54, 1.807) is 0 Å². The van der Waals surface area contributed by atoms with Crippen LogP contribution in [0.3, 0.4) is 0 Å². The third-order valence-corrected chi connectivity index (χ3v) is 4.84. The number of aromatic nitrogens is 1. The van der Waals surface area contributed by atoms with Crippen molar-refractivity contribution >= 4 is 5.82 Å². The molecule has 1 aromatic heterocycles. The highest BCUT2D eigenvalue weighted by molar-refractivity contribution is 5.48. The maximum atomic E-state index is 4.62. The van der Waals surface area contributed by atoms with Gasteiger partial charge in [0.15, 0.2) is 0 Å². The molecule has 20 heavy (non-hydrogen) atoms. The van der Waals surface area contributed by atoms with E-state index in [1.807, 2.05) is 19.3 Å². The molecule has 1 N–H and O–H groups in total. The highest BCUT2D eigenvalue weighted by Crippen LogP contribution is 2.37. The second kappa shape index (κ2) is 6.10. The van der Waals surface area contributed by atoms with Crippen LogP contribution in [-0.4, -0.2) is 50.2 Å². The molecule has 4 heteroatoms. The van der Waals surface area contributed by atoms with Crippen molar-refractivity contribution in [3.63, 3.8) is 0 Å². The van der Waals surface area contributed by atoms with Gasteiger partial charge in [0.05, 0.1) is 0 Å². The molecule has 0 aliphatic heterocycles. The summed E-state index contributed by atoms with van der Waals surface area (Å²) in [6.07, 6.45) is 5.80. The minimum absolute atomic E-state index is 0.317. The third kappa shape index (κ3) is 2.81. The fourth-order valence-corrected chi connectivity index (χ4v) is 3.07. The van der Waals surface area contributed by atoms with Gasteiger partial charge in [-0.2, -0.15) is 0 Å². The Balaban J connectivity index is 2.19. The van der Waals surface area contributed by atoms with Crippen LogP contribution in [0.15, 0.2) is 18.3 Å². The second-order valence-corrected chi connectivity index (χ2v) is 6.25. The average molecular weight is 276 g/mol. The van der Waals surface area contributed by atoms with E-state index in [2.05, 4.69) is 54.2 Å². The van der Waals surface area contributed by atoms with Crippen LogP contribution in [0.5, 0.6) is 0 Å². The molecule has 2 rings (SSSR count). The van der Waals surface area contributed by atoms with E-state index >= 15 is 0 Å². The molecule has 112 valence electrons. The zero-order valence-corrected chi connectivity index (χ0v) is 13.5. The summed E-state index contributed by atoms with van der Waals surface area (Å²) < 4.78 is 0. The summed E-state index contributed by atoms with van der Waals surface area (Å²) in [5, 5.41) is 3.31. The van der Waals surface area contributed by atoms with Gasteiger partial charge in [-0.25, -0.2) is 4.98 Å². The summed E-state index contributed by atoms with van der Waals surface area (Å²) in [5.74, 6) is 1.10. The van der Waals surface area contributed by atoms with Crippen LogP contribution in [0.25, 0.3) is 0 Å². The summed E-state index contributed by atoms with van der Waals surface area (Å²) in [6.45, 7) is 3.22. The molecule has 1 aliphatic rings. The van der Waals surface area contributed by atoms with Crippen molar-refractivity contribution in [3.05, 3.63) is 23.9 Å². The topological polar surface area (TPSA) is 31.4 Å². The van der Waals surface area contributed by atoms with Gasteiger partial charge in [-0.05, 0) is 53.4 Å². The molecule has 0 radical (unpaired) electrons. The number of nitrogens with one attached hydrogen (secondary N) is 1. The Morgan fingerprint density at radius 2 is 2.05 bits per heavy atom. The highest BCUT2D eigenvalue weighted by atomic mass is 15.2. The SMILES string of the molecule is CNC(C)c1cccnc1N(C)CC1(N(C)C)CCC1. The van der Waals surface area contributed by atoms with Crippen molar-refractivity contribution in [2.75, 3.05) is 39.6 Å². The number of nitrogens with zero attached hydrogens (tertiary/aromatic N) is 3.